The molecule has 0 aromatic heterocycles. The number of carbonyl (C=O) groups is 1. The number of hydrogen-bond donors (Lipinski definition) is 0. The van der Waals surface area contributed by atoms with Gasteiger partial charge in [0.2, 0.25) is 0 Å². The van der Waals surface area contributed by atoms with Crippen molar-refractivity contribution in [2.24, 2.45) is 0 Å². The average Bonchev–Trinajstić information content (AvgIpc) is 3.65. The van der Waals surface area contributed by atoms with Gasteiger partial charge in [-0.05, 0) is 0 Å². The summed E-state index contributed by atoms with van der Waals surface area (Å²) in [5.41, 5.74) is 5.04. The SMILES string of the molecule is O=Cc1cc(C=C[c-]2cccc2)cc(C=C[c-]2[cH-][cH-][cH-][cH-]2)c1.[Fe].[Fe].c1cc[cH-]c1.c1cc[cH-]c1. The Hall–Kier alpha value is -3.19. The maximum atomic E-state index is 11.1. The molecule has 0 saturated heterocycles. The molecule has 34 heavy (non-hydrogen) atoms. The van der Waals surface area contributed by atoms with Gasteiger partial charge in [-0.3, -0.25) is 4.79 Å². The first kappa shape index (κ1) is 28.8. The Morgan fingerprint density at radius 3 is 1.53 bits per heavy atom. The number of rotatable bonds is 5. The zero-order valence-corrected chi connectivity index (χ0v) is 20.8. The van der Waals surface area contributed by atoms with Gasteiger partial charge in [-0.2, -0.15) is 54.1 Å². The molecule has 5 aromatic carbocycles. The van der Waals surface area contributed by atoms with Gasteiger partial charge in [0.1, 0.15) is 6.29 Å². The predicted octanol–water partition coefficient (Wildman–Crippen LogP) is 8.08. The van der Waals surface area contributed by atoms with Gasteiger partial charge >= 0.3 is 0 Å². The largest absolute Gasteiger partial charge is 0.686 e. The molecule has 3 heteroatoms. The van der Waals surface area contributed by atoms with Crippen LogP contribution in [-0.2, 0) is 34.1 Å². The fraction of sp³-hybridized carbons (Fsp3) is 0. The van der Waals surface area contributed by atoms with Crippen LogP contribution in [-0.4, -0.2) is 6.29 Å². The number of benzene rings is 1. The molecule has 5 aromatic rings. The zero-order valence-electron chi connectivity index (χ0n) is 18.6. The molecule has 0 bridgehead atoms. The zero-order chi connectivity index (χ0) is 22.3. The molecule has 5 rings (SSSR count). The van der Waals surface area contributed by atoms with Crippen molar-refractivity contribution in [1.82, 2.24) is 0 Å². The van der Waals surface area contributed by atoms with Crippen LogP contribution >= 0.6 is 0 Å². The number of hydrogen-bond acceptors (Lipinski definition) is 1. The van der Waals surface area contributed by atoms with Gasteiger partial charge in [-0.25, -0.2) is 24.3 Å². The molecule has 1 nitrogen and oxygen atoms in total. The third-order valence-corrected chi connectivity index (χ3v) is 4.56. The smallest absolute Gasteiger partial charge is 0.149 e. The Balaban J connectivity index is 0.000000399. The number of aldehydes is 1. The van der Waals surface area contributed by atoms with E-state index in [0.717, 1.165) is 28.5 Å². The topological polar surface area (TPSA) is 17.1 Å². The predicted molar refractivity (Wildman–Crippen MR) is 138 cm³/mol. The fourth-order valence-corrected chi connectivity index (χ4v) is 2.99. The van der Waals surface area contributed by atoms with Crippen LogP contribution in [0.25, 0.3) is 24.3 Å². The van der Waals surface area contributed by atoms with E-state index in [1.807, 2.05) is 109 Å². The molecule has 0 atom stereocenters. The van der Waals surface area contributed by atoms with Crippen molar-refractivity contribution in [2.45, 2.75) is 0 Å². The van der Waals surface area contributed by atoms with Crippen molar-refractivity contribution in [3.8, 4) is 0 Å². The quantitative estimate of drug-likeness (QED) is 0.129. The molecular weight excluding hydrogens is 500 g/mol. The van der Waals surface area contributed by atoms with Crippen LogP contribution in [0.1, 0.15) is 32.6 Å². The first-order valence-corrected chi connectivity index (χ1v) is 10.6. The van der Waals surface area contributed by atoms with E-state index in [4.69, 9.17) is 0 Å². The van der Waals surface area contributed by atoms with Crippen molar-refractivity contribution < 1.29 is 38.9 Å². The van der Waals surface area contributed by atoms with Crippen molar-refractivity contribution >= 4 is 30.6 Å². The van der Waals surface area contributed by atoms with E-state index in [9.17, 15) is 4.79 Å². The third kappa shape index (κ3) is 11.1. The summed E-state index contributed by atoms with van der Waals surface area (Å²) in [6, 6.07) is 42.1. The summed E-state index contributed by atoms with van der Waals surface area (Å²) in [5.74, 6) is 0. The summed E-state index contributed by atoms with van der Waals surface area (Å²) < 4.78 is 0. The Morgan fingerprint density at radius 2 is 1.09 bits per heavy atom. The van der Waals surface area contributed by atoms with E-state index in [0.29, 0.717) is 5.56 Å². The van der Waals surface area contributed by atoms with Gasteiger partial charge in [-0.1, -0.05) is 23.8 Å². The van der Waals surface area contributed by atoms with Gasteiger partial charge in [0.15, 0.2) is 0 Å². The first-order valence-electron chi connectivity index (χ1n) is 10.6. The van der Waals surface area contributed by atoms with E-state index in [2.05, 4.69) is 42.5 Å². The second-order valence-corrected chi connectivity index (χ2v) is 7.08. The standard InChI is InChI=1S/C21H16O.2C5H5.2Fe/c22-16-21-14-19(11-9-17-5-1-2-6-17)13-20(15-21)12-10-18-7-3-4-8-18;2*1-2-4-5-3-1;;/h1-16H;2*1-5H;;/q-6;2*-1;;. The average molecular weight is 526 g/mol. The van der Waals surface area contributed by atoms with Crippen LogP contribution in [0, 0.1) is 0 Å². The molecule has 0 radical (unpaired) electrons. The normalized spacial score (nSPS) is 9.76. The van der Waals surface area contributed by atoms with Gasteiger partial charge in [0.25, 0.3) is 0 Å². The van der Waals surface area contributed by atoms with Crippen LogP contribution in [0.4, 0.5) is 0 Å². The molecule has 0 spiro atoms. The van der Waals surface area contributed by atoms with Crippen molar-refractivity contribution in [2.75, 3.05) is 0 Å². The summed E-state index contributed by atoms with van der Waals surface area (Å²) >= 11 is 0. The van der Waals surface area contributed by atoms with E-state index in [1.54, 1.807) is 0 Å². The van der Waals surface area contributed by atoms with Crippen LogP contribution in [0.2, 0.25) is 0 Å². The molecule has 180 valence electrons. The maximum absolute atomic E-state index is 11.1. The van der Waals surface area contributed by atoms with Crippen LogP contribution in [0.15, 0.2) is 127 Å². The molecule has 0 amide bonds. The van der Waals surface area contributed by atoms with Gasteiger partial charge < -0.3 is 42.0 Å². The first-order chi connectivity index (χ1) is 15.8. The molecule has 0 aliphatic rings. The minimum Gasteiger partial charge on any atom is -0.686 e. The molecule has 0 fully saturated rings. The fourth-order valence-electron chi connectivity index (χ4n) is 2.99. The van der Waals surface area contributed by atoms with E-state index in [-0.39, 0.29) is 34.1 Å². The molecular formula is C31H26Fe2O-8. The number of carbonyl (C=O) groups excluding carboxylic acids is 1. The Morgan fingerprint density at radius 1 is 0.618 bits per heavy atom. The van der Waals surface area contributed by atoms with Gasteiger partial charge in [0.05, 0.1) is 0 Å². The second-order valence-electron chi connectivity index (χ2n) is 7.08. The van der Waals surface area contributed by atoms with E-state index in [1.165, 1.54) is 0 Å². The Labute approximate surface area is 223 Å². The summed E-state index contributed by atoms with van der Waals surface area (Å²) in [6.07, 6.45) is 9.05. The minimum absolute atomic E-state index is 0. The Bertz CT molecular complexity index is 1040. The summed E-state index contributed by atoms with van der Waals surface area (Å²) in [4.78, 5) is 11.1. The summed E-state index contributed by atoms with van der Waals surface area (Å²) in [7, 11) is 0. The van der Waals surface area contributed by atoms with Gasteiger partial charge in [-0.15, -0.1) is 29.8 Å². The molecule has 0 saturated carbocycles. The monoisotopic (exact) mass is 526 g/mol. The molecule has 0 aliphatic heterocycles. The van der Waals surface area contributed by atoms with Crippen molar-refractivity contribution in [3.05, 3.63) is 155 Å². The summed E-state index contributed by atoms with van der Waals surface area (Å²) in [6.45, 7) is 0. The van der Waals surface area contributed by atoms with Crippen molar-refractivity contribution in [3.63, 3.8) is 0 Å². The van der Waals surface area contributed by atoms with E-state index >= 15 is 0 Å². The second kappa shape index (κ2) is 17.3. The van der Waals surface area contributed by atoms with Crippen LogP contribution in [0.3, 0.4) is 0 Å². The summed E-state index contributed by atoms with van der Waals surface area (Å²) in [5, 5.41) is 0. The van der Waals surface area contributed by atoms with Crippen molar-refractivity contribution in [1.29, 1.82) is 0 Å². The van der Waals surface area contributed by atoms with E-state index < -0.39 is 0 Å². The molecule has 0 aliphatic carbocycles. The molecule has 0 heterocycles. The van der Waals surface area contributed by atoms with Crippen LogP contribution in [0.5, 0.6) is 0 Å². The van der Waals surface area contributed by atoms with Gasteiger partial charge in [0, 0.05) is 39.7 Å². The van der Waals surface area contributed by atoms with Crippen LogP contribution < -0.4 is 0 Å². The minimum atomic E-state index is 0. The molecule has 0 unspecified atom stereocenters. The maximum Gasteiger partial charge on any atom is 0.149 e. The Kier molecular flexibility index (Phi) is 14.7. The molecule has 0 N–H and O–H groups in total. The third-order valence-electron chi connectivity index (χ3n) is 4.56.